The normalized spacial score (nSPS) is 31.1. The number of aromatic hydroxyl groups is 1. The number of aliphatic hydroxyl groups is 4. The summed E-state index contributed by atoms with van der Waals surface area (Å²) in [6.45, 7) is 2.84. The number of likely N-dealkylation sites (N-methyl/N-ethyl adjacent to an activating group) is 1. The fraction of sp³-hybridized carbons (Fsp3) is 0.517. The van der Waals surface area contributed by atoms with Crippen molar-refractivity contribution < 1.29 is 44.7 Å². The Bertz CT molecular complexity index is 1440. The number of primary amides is 1. The summed E-state index contributed by atoms with van der Waals surface area (Å²) in [4.78, 5) is 55.2. The molecule has 13 nitrogen and oxygen atoms in total. The van der Waals surface area contributed by atoms with Gasteiger partial charge in [0.05, 0.1) is 35.9 Å². The molecule has 5 rings (SSSR count). The second-order valence-electron chi connectivity index (χ2n) is 11.8. The van der Waals surface area contributed by atoms with Crippen LogP contribution in [0, 0.1) is 11.8 Å². The van der Waals surface area contributed by atoms with Gasteiger partial charge in [-0.25, -0.2) is 0 Å². The van der Waals surface area contributed by atoms with Gasteiger partial charge in [-0.1, -0.05) is 13.0 Å². The number of rotatable bonds is 5. The van der Waals surface area contributed by atoms with E-state index in [1.165, 1.54) is 25.1 Å². The van der Waals surface area contributed by atoms with Gasteiger partial charge in [0.15, 0.2) is 11.4 Å². The van der Waals surface area contributed by atoms with Gasteiger partial charge in [-0.2, -0.15) is 0 Å². The molecule has 13 heteroatoms. The molecule has 0 unspecified atom stereocenters. The Kier molecular flexibility index (Phi) is 7.32. The predicted molar refractivity (Wildman–Crippen MR) is 149 cm³/mol. The van der Waals surface area contributed by atoms with Gasteiger partial charge in [0.2, 0.25) is 11.7 Å². The van der Waals surface area contributed by atoms with Crippen molar-refractivity contribution in [2.45, 2.75) is 49.9 Å². The number of nitrogens with two attached hydrogens (primary N) is 1. The number of amides is 2. The molecule has 1 aliphatic heterocycles. The summed E-state index contributed by atoms with van der Waals surface area (Å²) in [5, 5.41) is 60.0. The van der Waals surface area contributed by atoms with E-state index in [-0.39, 0.29) is 23.7 Å². The lowest BCUT2D eigenvalue weighted by atomic mass is 9.54. The number of nitrogens with one attached hydrogen (secondary N) is 1. The van der Waals surface area contributed by atoms with Crippen LogP contribution in [-0.4, -0.2) is 110 Å². The van der Waals surface area contributed by atoms with E-state index in [9.17, 15) is 44.7 Å². The minimum absolute atomic E-state index is 0.116. The van der Waals surface area contributed by atoms with Crippen LogP contribution in [0.1, 0.15) is 43.2 Å². The van der Waals surface area contributed by atoms with Crippen molar-refractivity contribution in [1.29, 1.82) is 0 Å². The standard InChI is InChI=1S/C29H36N4O9/c1-12-13-7-8-14(31-11-15(34)33-9-5-4-6-10-33)22(35)17(13)23(36)18-16(12)24(37)20-21(32(2)3)25(38)19(28(30)41)27(40)29(20,42)26(18)39/h7-8,12,16,20-21,24,31,35-37,40,42H,4-6,9-11H2,1-3H3,(H2,30,41)/t12-,16+,20+,21+,24-,29-/m1/s1. The van der Waals surface area contributed by atoms with Gasteiger partial charge in [-0.05, 0) is 50.9 Å². The maximum atomic E-state index is 14.1. The quantitative estimate of drug-likeness (QED) is 0.179. The van der Waals surface area contributed by atoms with Gasteiger partial charge in [0.25, 0.3) is 5.91 Å². The van der Waals surface area contributed by atoms with Crippen molar-refractivity contribution in [2.75, 3.05) is 39.0 Å². The van der Waals surface area contributed by atoms with Crippen LogP contribution in [0.15, 0.2) is 29.0 Å². The minimum Gasteiger partial charge on any atom is -0.508 e. The first kappa shape index (κ1) is 29.5. The van der Waals surface area contributed by atoms with Gasteiger partial charge in [-0.15, -0.1) is 0 Å². The van der Waals surface area contributed by atoms with Crippen molar-refractivity contribution in [1.82, 2.24) is 9.80 Å². The summed E-state index contributed by atoms with van der Waals surface area (Å²) in [7, 11) is 2.90. The Hall–Kier alpha value is -3.94. The highest BCUT2D eigenvalue weighted by molar-refractivity contribution is 6.24. The number of phenolic OH excluding ortho intramolecular Hbond substituents is 1. The molecule has 1 aromatic carbocycles. The van der Waals surface area contributed by atoms with E-state index in [2.05, 4.69) is 5.32 Å². The van der Waals surface area contributed by atoms with E-state index in [0.29, 0.717) is 18.7 Å². The number of piperidine rings is 1. The molecule has 42 heavy (non-hydrogen) atoms. The molecule has 2 amide bonds. The number of phenols is 1. The number of hydrogen-bond acceptors (Lipinski definition) is 11. The highest BCUT2D eigenvalue weighted by Gasteiger charge is 2.68. The summed E-state index contributed by atoms with van der Waals surface area (Å²) in [6.07, 6.45) is 1.22. The van der Waals surface area contributed by atoms with Crippen LogP contribution >= 0.6 is 0 Å². The van der Waals surface area contributed by atoms with Crippen molar-refractivity contribution in [3.8, 4) is 5.75 Å². The molecule has 2 fully saturated rings. The third-order valence-corrected chi connectivity index (χ3v) is 9.27. The first-order valence-corrected chi connectivity index (χ1v) is 13.9. The minimum atomic E-state index is -2.98. The average molecular weight is 585 g/mol. The summed E-state index contributed by atoms with van der Waals surface area (Å²) in [5.41, 5.74) is 1.28. The molecular formula is C29H36N4O9. The number of nitrogens with zero attached hydrogens (tertiary/aromatic N) is 2. The van der Waals surface area contributed by atoms with Crippen LogP contribution in [0.25, 0.3) is 5.76 Å². The van der Waals surface area contributed by atoms with Crippen molar-refractivity contribution in [2.24, 2.45) is 17.6 Å². The van der Waals surface area contributed by atoms with Gasteiger partial charge in [0.1, 0.15) is 22.8 Å². The number of fused-ring (bicyclic) bond motifs is 3. The zero-order chi connectivity index (χ0) is 30.8. The van der Waals surface area contributed by atoms with Gasteiger partial charge in [0, 0.05) is 24.6 Å². The average Bonchev–Trinajstić information content (AvgIpc) is 2.94. The highest BCUT2D eigenvalue weighted by Crippen LogP contribution is 2.56. The van der Waals surface area contributed by atoms with Gasteiger partial charge < -0.3 is 41.5 Å². The van der Waals surface area contributed by atoms with Crippen LogP contribution in [0.3, 0.4) is 0 Å². The lowest BCUT2D eigenvalue weighted by molar-refractivity contribution is -0.169. The van der Waals surface area contributed by atoms with Crippen molar-refractivity contribution in [3.05, 3.63) is 40.2 Å². The van der Waals surface area contributed by atoms with Crippen LogP contribution in [0.2, 0.25) is 0 Å². The second kappa shape index (κ2) is 10.4. The SMILES string of the molecule is C[C@@H]1c2ccc(NCC(=O)N3CCCCC3)c(O)c2C(O)=C2C(=O)[C@@]3(O)C(O)=C(C(N)=O)C(=O)[C@@H](N(C)C)[C@H]3[C@H](O)[C@H]21. The van der Waals surface area contributed by atoms with E-state index >= 15 is 0 Å². The smallest absolute Gasteiger partial charge is 0.255 e. The number of hydrogen-bond donors (Lipinski definition) is 7. The summed E-state index contributed by atoms with van der Waals surface area (Å²) in [6, 6.07) is 1.71. The summed E-state index contributed by atoms with van der Waals surface area (Å²) < 4.78 is 0. The topological polar surface area (TPSA) is 214 Å². The molecule has 0 radical (unpaired) electrons. The van der Waals surface area contributed by atoms with Crippen molar-refractivity contribution in [3.63, 3.8) is 0 Å². The number of carbonyl (C=O) groups excluding carboxylic acids is 4. The number of likely N-dealkylation sites (tertiary alicyclic amines) is 1. The molecule has 6 atom stereocenters. The van der Waals surface area contributed by atoms with Crippen molar-refractivity contribution >= 4 is 34.8 Å². The zero-order valence-corrected chi connectivity index (χ0v) is 23.6. The van der Waals surface area contributed by atoms with Crippen LogP contribution < -0.4 is 11.1 Å². The molecule has 4 aliphatic rings. The molecule has 8 N–H and O–H groups in total. The lowest BCUT2D eigenvalue weighted by Crippen LogP contribution is -2.70. The van der Waals surface area contributed by atoms with Crippen LogP contribution in [0.4, 0.5) is 5.69 Å². The molecule has 0 spiro atoms. The predicted octanol–water partition coefficient (Wildman–Crippen LogP) is -0.0798. The molecular weight excluding hydrogens is 548 g/mol. The first-order chi connectivity index (χ1) is 19.7. The van der Waals surface area contributed by atoms with Crippen LogP contribution in [0.5, 0.6) is 5.75 Å². The zero-order valence-electron chi connectivity index (χ0n) is 23.6. The Morgan fingerprint density at radius 2 is 1.76 bits per heavy atom. The molecule has 1 saturated carbocycles. The monoisotopic (exact) mass is 584 g/mol. The third-order valence-electron chi connectivity index (χ3n) is 9.27. The van der Waals surface area contributed by atoms with E-state index < -0.39 is 81.4 Å². The molecule has 1 heterocycles. The van der Waals surface area contributed by atoms with Gasteiger partial charge >= 0.3 is 0 Å². The number of Topliss-reactive ketones (excluding diaryl/α,β-unsaturated/α-hetero) is 2. The number of carbonyl (C=O) groups is 4. The highest BCUT2D eigenvalue weighted by atomic mass is 16.4. The van der Waals surface area contributed by atoms with E-state index in [4.69, 9.17) is 5.73 Å². The van der Waals surface area contributed by atoms with E-state index in [1.54, 1.807) is 17.9 Å². The molecule has 1 saturated heterocycles. The van der Waals surface area contributed by atoms with E-state index in [0.717, 1.165) is 19.3 Å². The molecule has 226 valence electrons. The Balaban J connectivity index is 1.60. The largest absolute Gasteiger partial charge is 0.508 e. The maximum Gasteiger partial charge on any atom is 0.255 e. The Labute approximate surface area is 241 Å². The Morgan fingerprint density at radius 1 is 1.12 bits per heavy atom. The fourth-order valence-corrected chi connectivity index (χ4v) is 7.19. The molecule has 1 aromatic rings. The lowest BCUT2D eigenvalue weighted by Gasteiger charge is -2.53. The van der Waals surface area contributed by atoms with Gasteiger partial charge in [-0.3, -0.25) is 24.1 Å². The Morgan fingerprint density at radius 3 is 2.36 bits per heavy atom. The fourth-order valence-electron chi connectivity index (χ4n) is 7.19. The number of benzene rings is 1. The third kappa shape index (κ3) is 4.09. The second-order valence-corrected chi connectivity index (χ2v) is 11.8. The number of ketones is 2. The van der Waals surface area contributed by atoms with E-state index in [1.807, 2.05) is 0 Å². The maximum absolute atomic E-state index is 14.1. The molecule has 0 bridgehead atoms. The summed E-state index contributed by atoms with van der Waals surface area (Å²) >= 11 is 0. The number of aliphatic hydroxyl groups excluding tert-OH is 3. The summed E-state index contributed by atoms with van der Waals surface area (Å²) in [5.74, 6) is -9.67. The van der Waals surface area contributed by atoms with Crippen LogP contribution in [-0.2, 0) is 19.2 Å². The molecule has 0 aromatic heterocycles. The number of anilines is 1. The molecule has 3 aliphatic carbocycles. The first-order valence-electron chi connectivity index (χ1n) is 13.9.